The maximum atomic E-state index is 9.03. The van der Waals surface area contributed by atoms with Gasteiger partial charge in [0.2, 0.25) is 0 Å². The fourth-order valence-corrected chi connectivity index (χ4v) is 1.80. The van der Waals surface area contributed by atoms with Crippen LogP contribution in [0, 0.1) is 0 Å². The Morgan fingerprint density at radius 1 is 1.06 bits per heavy atom. The zero-order valence-corrected chi connectivity index (χ0v) is 9.69. The second-order valence-corrected chi connectivity index (χ2v) is 4.25. The van der Waals surface area contributed by atoms with Crippen molar-refractivity contribution in [3.8, 4) is 0 Å². The normalized spacial score (nSPS) is 19.1. The van der Waals surface area contributed by atoms with Crippen LogP contribution >= 0.6 is 0 Å². The molecule has 1 aromatic heterocycles. The Morgan fingerprint density at radius 3 is 2.22 bits per heavy atom. The van der Waals surface area contributed by atoms with Crippen LogP contribution in [0.15, 0.2) is 28.6 Å². The summed E-state index contributed by atoms with van der Waals surface area (Å²) in [5.74, 6) is 0.988. The number of oxime groups is 2. The van der Waals surface area contributed by atoms with E-state index in [2.05, 4.69) is 15.3 Å². The van der Waals surface area contributed by atoms with Crippen molar-refractivity contribution < 1.29 is 10.4 Å². The van der Waals surface area contributed by atoms with Gasteiger partial charge < -0.3 is 20.2 Å². The molecule has 0 bridgehead atoms. The summed E-state index contributed by atoms with van der Waals surface area (Å²) in [6, 6.07) is 3.54. The Balaban J connectivity index is 1.93. The molecule has 18 heavy (non-hydrogen) atoms. The number of hydrogen-bond acceptors (Lipinski definition) is 5. The molecule has 0 aromatic carbocycles. The number of hydrogen-bond donors (Lipinski definition) is 2. The summed E-state index contributed by atoms with van der Waals surface area (Å²) in [5.41, 5.74) is 1.35. The van der Waals surface area contributed by atoms with Crippen LogP contribution in [0.2, 0.25) is 0 Å². The van der Waals surface area contributed by atoms with Gasteiger partial charge in [0.25, 0.3) is 0 Å². The Labute approximate surface area is 104 Å². The number of pyridine rings is 1. The van der Waals surface area contributed by atoms with E-state index in [9.17, 15) is 0 Å². The standard InChI is InChI=1S/C11H13N5O2/c17-13-10(15-3-4-15)8-1-2-12-9(7-8)11(14-18)16-5-6-16/h1-2,7,17-18H,3-6H2/b13-10-,14-11-. The third-order valence-corrected chi connectivity index (χ3v) is 2.93. The van der Waals surface area contributed by atoms with Gasteiger partial charge in [0.15, 0.2) is 11.7 Å². The van der Waals surface area contributed by atoms with Crippen molar-refractivity contribution in [1.29, 1.82) is 0 Å². The van der Waals surface area contributed by atoms with Crippen LogP contribution in [0.4, 0.5) is 0 Å². The maximum Gasteiger partial charge on any atom is 0.194 e. The molecule has 7 nitrogen and oxygen atoms in total. The number of nitrogens with zero attached hydrogens (tertiary/aromatic N) is 5. The van der Waals surface area contributed by atoms with Crippen LogP contribution < -0.4 is 0 Å². The maximum absolute atomic E-state index is 9.03. The average Bonchev–Trinajstić information content (AvgIpc) is 3.25. The predicted octanol–water partition coefficient (Wildman–Crippen LogP) is -0.0156. The van der Waals surface area contributed by atoms with Gasteiger partial charge in [0, 0.05) is 37.9 Å². The zero-order valence-electron chi connectivity index (χ0n) is 9.69. The van der Waals surface area contributed by atoms with Crippen molar-refractivity contribution in [2.24, 2.45) is 10.3 Å². The lowest BCUT2D eigenvalue weighted by molar-refractivity contribution is 0.314. The zero-order chi connectivity index (χ0) is 12.5. The summed E-state index contributed by atoms with van der Waals surface area (Å²) >= 11 is 0. The van der Waals surface area contributed by atoms with E-state index in [1.807, 2.05) is 9.80 Å². The van der Waals surface area contributed by atoms with E-state index in [4.69, 9.17) is 10.4 Å². The molecule has 2 N–H and O–H groups in total. The first-order valence-electron chi connectivity index (χ1n) is 5.74. The fourth-order valence-electron chi connectivity index (χ4n) is 1.80. The Bertz CT molecular complexity index is 477. The van der Waals surface area contributed by atoms with Crippen LogP contribution in [0.25, 0.3) is 0 Å². The van der Waals surface area contributed by atoms with E-state index in [-0.39, 0.29) is 0 Å². The Kier molecular flexibility index (Phi) is 2.51. The second kappa shape index (κ2) is 4.17. The molecule has 0 radical (unpaired) electrons. The molecular weight excluding hydrogens is 234 g/mol. The SMILES string of the molecule is O/N=C(/c1ccnc(/C(=N/O)N2CC2)c1)N1CC1. The Morgan fingerprint density at radius 2 is 1.67 bits per heavy atom. The van der Waals surface area contributed by atoms with Gasteiger partial charge in [-0.3, -0.25) is 4.98 Å². The van der Waals surface area contributed by atoms with Crippen molar-refractivity contribution >= 4 is 11.7 Å². The molecule has 0 aliphatic carbocycles. The molecule has 7 heteroatoms. The molecule has 3 heterocycles. The minimum Gasteiger partial charge on any atom is -0.409 e. The van der Waals surface area contributed by atoms with Gasteiger partial charge in [-0.1, -0.05) is 10.3 Å². The molecule has 2 saturated heterocycles. The smallest absolute Gasteiger partial charge is 0.194 e. The van der Waals surface area contributed by atoms with Crippen LogP contribution in [-0.2, 0) is 0 Å². The van der Waals surface area contributed by atoms with Crippen LogP contribution in [0.5, 0.6) is 0 Å². The van der Waals surface area contributed by atoms with Gasteiger partial charge in [-0.05, 0) is 12.1 Å². The number of amidine groups is 2. The molecule has 2 fully saturated rings. The second-order valence-electron chi connectivity index (χ2n) is 4.25. The van der Waals surface area contributed by atoms with Crippen molar-refractivity contribution in [2.75, 3.05) is 26.2 Å². The average molecular weight is 247 g/mol. The molecule has 3 rings (SSSR count). The van der Waals surface area contributed by atoms with Crippen LogP contribution in [0.1, 0.15) is 11.3 Å². The van der Waals surface area contributed by atoms with E-state index in [1.54, 1.807) is 18.3 Å². The summed E-state index contributed by atoms with van der Waals surface area (Å²) in [6.07, 6.45) is 1.62. The van der Waals surface area contributed by atoms with Gasteiger partial charge in [-0.2, -0.15) is 0 Å². The molecule has 0 amide bonds. The lowest BCUT2D eigenvalue weighted by Gasteiger charge is -2.08. The van der Waals surface area contributed by atoms with E-state index in [0.717, 1.165) is 31.7 Å². The van der Waals surface area contributed by atoms with E-state index in [0.29, 0.717) is 17.4 Å². The van der Waals surface area contributed by atoms with Crippen LogP contribution in [0.3, 0.4) is 0 Å². The van der Waals surface area contributed by atoms with Crippen LogP contribution in [-0.4, -0.2) is 63.0 Å². The van der Waals surface area contributed by atoms with Gasteiger partial charge >= 0.3 is 0 Å². The molecule has 0 spiro atoms. The molecule has 2 aliphatic rings. The number of aromatic nitrogens is 1. The molecule has 0 atom stereocenters. The molecular formula is C11H13N5O2. The third kappa shape index (κ3) is 1.94. The highest BCUT2D eigenvalue weighted by Gasteiger charge is 2.27. The predicted molar refractivity (Wildman–Crippen MR) is 64.0 cm³/mol. The third-order valence-electron chi connectivity index (χ3n) is 2.93. The largest absolute Gasteiger partial charge is 0.409 e. The summed E-state index contributed by atoms with van der Waals surface area (Å²) in [5, 5.41) is 24.6. The van der Waals surface area contributed by atoms with Crippen molar-refractivity contribution in [3.05, 3.63) is 29.6 Å². The van der Waals surface area contributed by atoms with Gasteiger partial charge in [0.05, 0.1) is 0 Å². The Hall–Kier alpha value is -2.31. The molecule has 1 aromatic rings. The van der Waals surface area contributed by atoms with Gasteiger partial charge in [-0.15, -0.1) is 0 Å². The summed E-state index contributed by atoms with van der Waals surface area (Å²) in [6.45, 7) is 3.53. The van der Waals surface area contributed by atoms with E-state index >= 15 is 0 Å². The quantitative estimate of drug-likeness (QED) is 0.252. The highest BCUT2D eigenvalue weighted by Crippen LogP contribution is 2.16. The van der Waals surface area contributed by atoms with Crippen molar-refractivity contribution in [2.45, 2.75) is 0 Å². The number of rotatable bonds is 2. The summed E-state index contributed by atoms with van der Waals surface area (Å²) < 4.78 is 0. The molecule has 94 valence electrons. The highest BCUT2D eigenvalue weighted by molar-refractivity contribution is 6.03. The monoisotopic (exact) mass is 247 g/mol. The first kappa shape index (κ1) is 10.8. The summed E-state index contributed by atoms with van der Waals surface area (Å²) in [7, 11) is 0. The van der Waals surface area contributed by atoms with Crippen molar-refractivity contribution in [3.63, 3.8) is 0 Å². The topological polar surface area (TPSA) is 84.1 Å². The van der Waals surface area contributed by atoms with Crippen molar-refractivity contribution in [1.82, 2.24) is 14.8 Å². The minimum absolute atomic E-state index is 0.458. The molecule has 0 saturated carbocycles. The molecule has 2 aliphatic heterocycles. The van der Waals surface area contributed by atoms with E-state index in [1.165, 1.54) is 0 Å². The summed E-state index contributed by atoms with van der Waals surface area (Å²) in [4.78, 5) is 8.02. The van der Waals surface area contributed by atoms with Gasteiger partial charge in [-0.25, -0.2) is 0 Å². The van der Waals surface area contributed by atoms with E-state index < -0.39 is 0 Å². The fraction of sp³-hybridized carbons (Fsp3) is 0.364. The minimum atomic E-state index is 0.458. The lowest BCUT2D eigenvalue weighted by atomic mass is 10.2. The molecule has 0 unspecified atom stereocenters. The van der Waals surface area contributed by atoms with Gasteiger partial charge in [0.1, 0.15) is 5.69 Å². The first-order chi connectivity index (χ1) is 8.83. The highest BCUT2D eigenvalue weighted by atomic mass is 16.4. The first-order valence-corrected chi connectivity index (χ1v) is 5.74. The lowest BCUT2D eigenvalue weighted by Crippen LogP contribution is -2.17.